The second kappa shape index (κ2) is 4.03. The highest BCUT2D eigenvalue weighted by molar-refractivity contribution is 9.10. The molecule has 0 radical (unpaired) electrons. The van der Waals surface area contributed by atoms with Gasteiger partial charge in [0.1, 0.15) is 5.75 Å². The summed E-state index contributed by atoms with van der Waals surface area (Å²) in [5, 5.41) is 9.76. The molecular weight excluding hydrogens is 254 g/mol. The lowest BCUT2D eigenvalue weighted by atomic mass is 10.0. The molecule has 2 aromatic rings. The number of phenolic OH excluding ortho intramolecular Hbond substituents is 1. The molecule has 0 aliphatic carbocycles. The third kappa shape index (κ3) is 2.02. The Balaban J connectivity index is 2.64. The van der Waals surface area contributed by atoms with Crippen molar-refractivity contribution in [2.45, 2.75) is 6.92 Å². The lowest BCUT2D eigenvalue weighted by molar-refractivity contribution is 0.477. The predicted molar refractivity (Wildman–Crippen MR) is 63.8 cm³/mol. The van der Waals surface area contributed by atoms with Crippen LogP contribution in [0, 0.1) is 6.92 Å². The first-order valence-electron chi connectivity index (χ1n) is 4.59. The number of aromatic hydroxyl groups is 1. The minimum Gasteiger partial charge on any atom is -0.507 e. The van der Waals surface area contributed by atoms with Crippen molar-refractivity contribution >= 4 is 15.9 Å². The van der Waals surface area contributed by atoms with Crippen LogP contribution >= 0.6 is 15.9 Å². The summed E-state index contributed by atoms with van der Waals surface area (Å²) >= 11 is 3.39. The van der Waals surface area contributed by atoms with Crippen molar-refractivity contribution in [2.75, 3.05) is 0 Å². The van der Waals surface area contributed by atoms with Gasteiger partial charge in [0.25, 0.3) is 0 Å². The molecule has 0 aliphatic heterocycles. The smallest absolute Gasteiger partial charge is 0.123 e. The summed E-state index contributed by atoms with van der Waals surface area (Å²) in [5.41, 5.74) is 2.66. The van der Waals surface area contributed by atoms with E-state index in [-0.39, 0.29) is 5.75 Å². The third-order valence-corrected chi connectivity index (χ3v) is 2.75. The summed E-state index contributed by atoms with van der Waals surface area (Å²) in [6, 6.07) is 9.18. The van der Waals surface area contributed by atoms with Gasteiger partial charge in [0.2, 0.25) is 0 Å². The number of benzene rings is 1. The zero-order valence-electron chi connectivity index (χ0n) is 8.24. The van der Waals surface area contributed by atoms with Crippen molar-refractivity contribution in [1.29, 1.82) is 0 Å². The van der Waals surface area contributed by atoms with E-state index in [1.54, 1.807) is 12.3 Å². The fourth-order valence-electron chi connectivity index (χ4n) is 1.49. The van der Waals surface area contributed by atoms with Gasteiger partial charge in [-0.1, -0.05) is 22.0 Å². The molecule has 0 saturated heterocycles. The van der Waals surface area contributed by atoms with Gasteiger partial charge in [-0.25, -0.2) is 0 Å². The normalized spacial score (nSPS) is 10.3. The van der Waals surface area contributed by atoms with Crippen LogP contribution in [0.15, 0.2) is 41.0 Å². The molecule has 1 aromatic carbocycles. The minimum absolute atomic E-state index is 0.273. The fourth-order valence-corrected chi connectivity index (χ4v) is 1.85. The second-order valence-corrected chi connectivity index (χ2v) is 4.21. The SMILES string of the molecule is Cc1ncccc1-c1cc(Br)ccc1O. The first-order chi connectivity index (χ1) is 7.18. The molecule has 0 bridgehead atoms. The van der Waals surface area contributed by atoms with E-state index < -0.39 is 0 Å². The Morgan fingerprint density at radius 1 is 1.20 bits per heavy atom. The van der Waals surface area contributed by atoms with E-state index in [4.69, 9.17) is 0 Å². The summed E-state index contributed by atoms with van der Waals surface area (Å²) in [6.45, 7) is 1.93. The molecular formula is C12H10BrNO. The lowest BCUT2D eigenvalue weighted by Crippen LogP contribution is -1.87. The first kappa shape index (κ1) is 10.2. The van der Waals surface area contributed by atoms with Crippen molar-refractivity contribution in [1.82, 2.24) is 4.98 Å². The number of phenols is 1. The van der Waals surface area contributed by atoms with Gasteiger partial charge in [0.15, 0.2) is 0 Å². The Hall–Kier alpha value is -1.35. The highest BCUT2D eigenvalue weighted by atomic mass is 79.9. The lowest BCUT2D eigenvalue weighted by Gasteiger charge is -2.07. The van der Waals surface area contributed by atoms with Gasteiger partial charge in [-0.15, -0.1) is 0 Å². The van der Waals surface area contributed by atoms with Crippen LogP contribution < -0.4 is 0 Å². The average Bonchev–Trinajstić information content (AvgIpc) is 2.23. The summed E-state index contributed by atoms with van der Waals surface area (Å²) in [7, 11) is 0. The number of aromatic nitrogens is 1. The van der Waals surface area contributed by atoms with Crippen LogP contribution in [-0.4, -0.2) is 10.1 Å². The van der Waals surface area contributed by atoms with E-state index in [1.807, 2.05) is 31.2 Å². The van der Waals surface area contributed by atoms with Gasteiger partial charge in [-0.3, -0.25) is 4.98 Å². The highest BCUT2D eigenvalue weighted by Gasteiger charge is 2.07. The average molecular weight is 264 g/mol. The van der Waals surface area contributed by atoms with Crippen molar-refractivity contribution < 1.29 is 5.11 Å². The monoisotopic (exact) mass is 263 g/mol. The number of hydrogen-bond donors (Lipinski definition) is 1. The summed E-state index contributed by atoms with van der Waals surface area (Å²) < 4.78 is 0.943. The number of hydrogen-bond acceptors (Lipinski definition) is 2. The molecule has 15 heavy (non-hydrogen) atoms. The molecule has 0 atom stereocenters. The molecule has 0 fully saturated rings. The Kier molecular flexibility index (Phi) is 2.73. The Morgan fingerprint density at radius 2 is 2.00 bits per heavy atom. The van der Waals surface area contributed by atoms with E-state index in [9.17, 15) is 5.11 Å². The quantitative estimate of drug-likeness (QED) is 0.854. The fraction of sp³-hybridized carbons (Fsp3) is 0.0833. The number of nitrogens with zero attached hydrogens (tertiary/aromatic N) is 1. The molecule has 1 heterocycles. The zero-order chi connectivity index (χ0) is 10.8. The van der Waals surface area contributed by atoms with E-state index >= 15 is 0 Å². The van der Waals surface area contributed by atoms with Gasteiger partial charge in [-0.2, -0.15) is 0 Å². The molecule has 2 nitrogen and oxygen atoms in total. The molecule has 0 saturated carbocycles. The van der Waals surface area contributed by atoms with Crippen molar-refractivity contribution in [3.05, 3.63) is 46.7 Å². The topological polar surface area (TPSA) is 33.1 Å². The Labute approximate surface area is 96.7 Å². The first-order valence-corrected chi connectivity index (χ1v) is 5.38. The summed E-state index contributed by atoms with van der Waals surface area (Å²) in [5.74, 6) is 0.273. The highest BCUT2D eigenvalue weighted by Crippen LogP contribution is 2.32. The van der Waals surface area contributed by atoms with Gasteiger partial charge < -0.3 is 5.11 Å². The van der Waals surface area contributed by atoms with Gasteiger partial charge in [0, 0.05) is 27.5 Å². The standard InChI is InChI=1S/C12H10BrNO/c1-8-10(3-2-6-14-8)11-7-9(13)4-5-12(11)15/h2-7,15H,1H3. The van der Waals surface area contributed by atoms with Crippen LogP contribution in [0.2, 0.25) is 0 Å². The summed E-state index contributed by atoms with van der Waals surface area (Å²) in [6.07, 6.45) is 1.74. The van der Waals surface area contributed by atoms with E-state index in [0.717, 1.165) is 21.3 Å². The molecule has 0 aliphatic rings. The molecule has 0 amide bonds. The second-order valence-electron chi connectivity index (χ2n) is 3.30. The molecule has 1 N–H and O–H groups in total. The molecule has 0 spiro atoms. The number of rotatable bonds is 1. The van der Waals surface area contributed by atoms with Crippen molar-refractivity contribution in [2.24, 2.45) is 0 Å². The zero-order valence-corrected chi connectivity index (χ0v) is 9.82. The molecule has 3 heteroatoms. The number of pyridine rings is 1. The number of aryl methyl sites for hydroxylation is 1. The maximum atomic E-state index is 9.76. The van der Waals surface area contributed by atoms with Crippen LogP contribution in [0.25, 0.3) is 11.1 Å². The van der Waals surface area contributed by atoms with Crippen LogP contribution in [0.5, 0.6) is 5.75 Å². The van der Waals surface area contributed by atoms with Crippen molar-refractivity contribution in [3.8, 4) is 16.9 Å². The van der Waals surface area contributed by atoms with E-state index in [2.05, 4.69) is 20.9 Å². The summed E-state index contributed by atoms with van der Waals surface area (Å²) in [4.78, 5) is 4.20. The van der Waals surface area contributed by atoms with E-state index in [0.29, 0.717) is 0 Å². The maximum Gasteiger partial charge on any atom is 0.123 e. The van der Waals surface area contributed by atoms with Gasteiger partial charge >= 0.3 is 0 Å². The number of halogens is 1. The Bertz CT molecular complexity index is 497. The van der Waals surface area contributed by atoms with Crippen LogP contribution in [0.3, 0.4) is 0 Å². The molecule has 76 valence electrons. The van der Waals surface area contributed by atoms with Gasteiger partial charge in [-0.05, 0) is 31.2 Å². The molecule has 2 rings (SSSR count). The Morgan fingerprint density at radius 3 is 2.73 bits per heavy atom. The van der Waals surface area contributed by atoms with E-state index in [1.165, 1.54) is 0 Å². The van der Waals surface area contributed by atoms with Crippen LogP contribution in [-0.2, 0) is 0 Å². The van der Waals surface area contributed by atoms with Crippen LogP contribution in [0.4, 0.5) is 0 Å². The largest absolute Gasteiger partial charge is 0.507 e. The minimum atomic E-state index is 0.273. The maximum absolute atomic E-state index is 9.76. The van der Waals surface area contributed by atoms with Gasteiger partial charge in [0.05, 0.1) is 0 Å². The van der Waals surface area contributed by atoms with Crippen molar-refractivity contribution in [3.63, 3.8) is 0 Å². The third-order valence-electron chi connectivity index (χ3n) is 2.26. The molecule has 1 aromatic heterocycles. The predicted octanol–water partition coefficient (Wildman–Crippen LogP) is 3.53. The van der Waals surface area contributed by atoms with Crippen LogP contribution in [0.1, 0.15) is 5.69 Å². The molecule has 0 unspecified atom stereocenters.